The summed E-state index contributed by atoms with van der Waals surface area (Å²) in [5.74, 6) is -2.26. The minimum atomic E-state index is -0.712. The van der Waals surface area contributed by atoms with E-state index in [-0.39, 0.29) is 30.3 Å². The molecule has 0 radical (unpaired) electrons. The summed E-state index contributed by atoms with van der Waals surface area (Å²) >= 11 is 0. The number of ether oxygens (including phenoxy) is 1. The van der Waals surface area contributed by atoms with Gasteiger partial charge in [-0.3, -0.25) is 0 Å². The fourth-order valence-corrected chi connectivity index (χ4v) is 1.43. The average molecular weight is 268 g/mol. The lowest BCUT2D eigenvalue weighted by Crippen LogP contribution is -2.06. The maximum absolute atomic E-state index is 13.4. The first-order valence-electron chi connectivity index (χ1n) is 5.53. The Hall–Kier alpha value is -2.31. The molecule has 1 heterocycles. The van der Waals surface area contributed by atoms with E-state index in [9.17, 15) is 13.6 Å². The largest absolute Gasteiger partial charge is 0.460 e. The maximum atomic E-state index is 13.4. The molecule has 0 spiro atoms. The Bertz CT molecular complexity index is 598. The molecule has 0 aliphatic heterocycles. The van der Waals surface area contributed by atoms with Crippen LogP contribution >= 0.6 is 0 Å². The lowest BCUT2D eigenvalue weighted by Gasteiger charge is -1.98. The number of hydrogen-bond donors (Lipinski definition) is 0. The Morgan fingerprint density at radius 3 is 2.89 bits per heavy atom. The lowest BCUT2D eigenvalue weighted by molar-refractivity contribution is 0.0508. The van der Waals surface area contributed by atoms with Gasteiger partial charge in [0.1, 0.15) is 11.6 Å². The molecule has 1 aromatic carbocycles. The Kier molecular flexibility index (Phi) is 3.84. The highest BCUT2D eigenvalue weighted by Gasteiger charge is 2.16. The van der Waals surface area contributed by atoms with Gasteiger partial charge in [0, 0.05) is 6.07 Å². The number of halogens is 2. The van der Waals surface area contributed by atoms with Crippen molar-refractivity contribution in [1.29, 1.82) is 0 Å². The predicted molar refractivity (Wildman–Crippen MR) is 59.4 cm³/mol. The van der Waals surface area contributed by atoms with Gasteiger partial charge >= 0.3 is 5.97 Å². The molecule has 0 unspecified atom stereocenters. The fraction of sp³-hybridized carbons (Fsp3) is 0.250. The molecule has 19 heavy (non-hydrogen) atoms. The van der Waals surface area contributed by atoms with Gasteiger partial charge in [-0.15, -0.1) is 0 Å². The van der Waals surface area contributed by atoms with Crippen molar-refractivity contribution in [2.24, 2.45) is 0 Å². The molecule has 100 valence electrons. The van der Waals surface area contributed by atoms with Crippen LogP contribution in [0.25, 0.3) is 0 Å². The predicted octanol–water partition coefficient (Wildman–Crippen LogP) is 2.12. The van der Waals surface area contributed by atoms with E-state index >= 15 is 0 Å². The third-order valence-electron chi connectivity index (χ3n) is 2.28. The van der Waals surface area contributed by atoms with Crippen LogP contribution in [0.15, 0.2) is 22.7 Å². The first-order valence-corrected chi connectivity index (χ1v) is 5.53. The van der Waals surface area contributed by atoms with E-state index in [0.29, 0.717) is 0 Å². The summed E-state index contributed by atoms with van der Waals surface area (Å²) in [6, 6.07) is 3.16. The van der Waals surface area contributed by atoms with Crippen LogP contribution in [0.1, 0.15) is 29.0 Å². The Balaban J connectivity index is 2.13. The van der Waals surface area contributed by atoms with Gasteiger partial charge < -0.3 is 9.26 Å². The van der Waals surface area contributed by atoms with E-state index in [1.54, 1.807) is 6.92 Å². The SMILES string of the molecule is CCOC(=O)c1noc(Cc2ccc(F)cc2F)n1. The van der Waals surface area contributed by atoms with Crippen LogP contribution in [-0.4, -0.2) is 22.7 Å². The van der Waals surface area contributed by atoms with Gasteiger partial charge in [-0.1, -0.05) is 6.07 Å². The van der Waals surface area contributed by atoms with Crippen molar-refractivity contribution in [3.05, 3.63) is 47.1 Å². The van der Waals surface area contributed by atoms with E-state index in [2.05, 4.69) is 14.9 Å². The summed E-state index contributed by atoms with van der Waals surface area (Å²) < 4.78 is 35.6. The molecular formula is C12H10F2N2O3. The van der Waals surface area contributed by atoms with E-state index in [1.807, 2.05) is 0 Å². The molecule has 7 heteroatoms. The van der Waals surface area contributed by atoms with Crippen molar-refractivity contribution in [2.45, 2.75) is 13.3 Å². The van der Waals surface area contributed by atoms with Gasteiger partial charge in [0.2, 0.25) is 5.89 Å². The smallest absolute Gasteiger partial charge is 0.379 e. The lowest BCUT2D eigenvalue weighted by atomic mass is 10.1. The van der Waals surface area contributed by atoms with Crippen LogP contribution in [0.3, 0.4) is 0 Å². The molecule has 2 rings (SSSR count). The van der Waals surface area contributed by atoms with Crippen LogP contribution < -0.4 is 0 Å². The molecule has 5 nitrogen and oxygen atoms in total. The van der Waals surface area contributed by atoms with Crippen molar-refractivity contribution in [2.75, 3.05) is 6.61 Å². The molecule has 0 fully saturated rings. The quantitative estimate of drug-likeness (QED) is 0.794. The first kappa shape index (κ1) is 13.1. The minimum absolute atomic E-state index is 0.0292. The standard InChI is InChI=1S/C12H10F2N2O3/c1-2-18-12(17)11-15-10(19-16-11)5-7-3-4-8(13)6-9(7)14/h3-4,6H,2,5H2,1H3. The second kappa shape index (κ2) is 5.55. The molecule has 1 aromatic heterocycles. The zero-order chi connectivity index (χ0) is 13.8. The monoisotopic (exact) mass is 268 g/mol. The summed E-state index contributed by atoms with van der Waals surface area (Å²) in [5, 5.41) is 3.42. The number of esters is 1. The van der Waals surface area contributed by atoms with Crippen LogP contribution in [0.4, 0.5) is 8.78 Å². The Labute approximate surface area is 107 Å². The molecule has 0 bridgehead atoms. The third-order valence-corrected chi connectivity index (χ3v) is 2.28. The first-order chi connectivity index (χ1) is 9.10. The normalized spacial score (nSPS) is 10.5. The van der Waals surface area contributed by atoms with Gasteiger partial charge in [-0.25, -0.2) is 13.6 Å². The number of carbonyl (C=O) groups is 1. The zero-order valence-corrected chi connectivity index (χ0v) is 10.0. The second-order valence-corrected chi connectivity index (χ2v) is 3.64. The highest BCUT2D eigenvalue weighted by molar-refractivity contribution is 5.84. The third kappa shape index (κ3) is 3.12. The second-order valence-electron chi connectivity index (χ2n) is 3.64. The van der Waals surface area contributed by atoms with Crippen LogP contribution in [0.2, 0.25) is 0 Å². The Morgan fingerprint density at radius 1 is 1.42 bits per heavy atom. The molecule has 2 aromatic rings. The van der Waals surface area contributed by atoms with Gasteiger partial charge in [-0.05, 0) is 23.7 Å². The topological polar surface area (TPSA) is 65.2 Å². The average Bonchev–Trinajstić information content (AvgIpc) is 2.82. The zero-order valence-electron chi connectivity index (χ0n) is 10.0. The fourth-order valence-electron chi connectivity index (χ4n) is 1.43. The summed E-state index contributed by atoms with van der Waals surface area (Å²) in [5.41, 5.74) is 0.195. The highest BCUT2D eigenvalue weighted by Crippen LogP contribution is 2.13. The molecule has 0 saturated carbocycles. The molecular weight excluding hydrogens is 258 g/mol. The summed E-state index contributed by atoms with van der Waals surface area (Å²) in [6.45, 7) is 1.84. The number of aromatic nitrogens is 2. The summed E-state index contributed by atoms with van der Waals surface area (Å²) in [7, 11) is 0. The van der Waals surface area contributed by atoms with Gasteiger partial charge in [0.25, 0.3) is 5.82 Å². The van der Waals surface area contributed by atoms with Gasteiger partial charge in [0.15, 0.2) is 0 Å². The highest BCUT2D eigenvalue weighted by atomic mass is 19.1. The molecule has 0 saturated heterocycles. The van der Waals surface area contributed by atoms with Gasteiger partial charge in [0.05, 0.1) is 13.0 Å². The van der Waals surface area contributed by atoms with Crippen molar-refractivity contribution in [1.82, 2.24) is 10.1 Å². The summed E-state index contributed by atoms with van der Waals surface area (Å²) in [6.07, 6.45) is -0.0292. The molecule has 0 atom stereocenters. The van der Waals surface area contributed by atoms with Crippen molar-refractivity contribution in [3.8, 4) is 0 Å². The number of hydrogen-bond acceptors (Lipinski definition) is 5. The van der Waals surface area contributed by atoms with Crippen molar-refractivity contribution >= 4 is 5.97 Å². The Morgan fingerprint density at radius 2 is 2.21 bits per heavy atom. The number of benzene rings is 1. The van der Waals surface area contributed by atoms with Crippen molar-refractivity contribution in [3.63, 3.8) is 0 Å². The van der Waals surface area contributed by atoms with E-state index in [1.165, 1.54) is 6.07 Å². The van der Waals surface area contributed by atoms with E-state index in [0.717, 1.165) is 12.1 Å². The van der Waals surface area contributed by atoms with E-state index < -0.39 is 17.6 Å². The number of carbonyl (C=O) groups excluding carboxylic acids is 1. The minimum Gasteiger partial charge on any atom is -0.460 e. The summed E-state index contributed by atoms with van der Waals surface area (Å²) in [4.78, 5) is 15.1. The molecule has 0 aliphatic carbocycles. The molecule has 0 aliphatic rings. The van der Waals surface area contributed by atoms with Gasteiger partial charge in [-0.2, -0.15) is 4.98 Å². The molecule has 0 amide bonds. The van der Waals surface area contributed by atoms with Crippen LogP contribution in [0, 0.1) is 11.6 Å². The number of nitrogens with zero attached hydrogens (tertiary/aromatic N) is 2. The van der Waals surface area contributed by atoms with Crippen LogP contribution in [-0.2, 0) is 11.2 Å². The maximum Gasteiger partial charge on any atom is 0.379 e. The molecule has 0 N–H and O–H groups in total. The van der Waals surface area contributed by atoms with E-state index in [4.69, 9.17) is 4.52 Å². The van der Waals surface area contributed by atoms with Crippen LogP contribution in [0.5, 0.6) is 0 Å². The van der Waals surface area contributed by atoms with Crippen molar-refractivity contribution < 1.29 is 22.8 Å². The number of rotatable bonds is 4.